The normalized spacial score (nSPS) is 10.9. The van der Waals surface area contributed by atoms with Crippen LogP contribution in [0.25, 0.3) is 11.5 Å². The first-order valence-corrected chi connectivity index (χ1v) is 7.60. The number of aromatic nitrogens is 2. The molecule has 0 unspecified atom stereocenters. The summed E-state index contributed by atoms with van der Waals surface area (Å²) in [4.78, 5) is 0. The maximum absolute atomic E-state index is 5.66. The fraction of sp³-hybridized carbons (Fsp3) is 0.278. The summed E-state index contributed by atoms with van der Waals surface area (Å²) < 4.78 is 11.0. The molecule has 0 aliphatic rings. The number of aromatic amines is 1. The molecule has 0 amide bonds. The van der Waals surface area contributed by atoms with Crippen LogP contribution in [0.1, 0.15) is 22.5 Å². The van der Waals surface area contributed by atoms with Crippen LogP contribution in [0.4, 0.5) is 0 Å². The molecule has 3 aromatic rings. The van der Waals surface area contributed by atoms with Crippen molar-refractivity contribution in [2.45, 2.75) is 26.9 Å². The molecule has 0 aliphatic heterocycles. The number of ether oxygens (including phenoxy) is 1. The van der Waals surface area contributed by atoms with Crippen LogP contribution in [0.15, 0.2) is 40.9 Å². The average molecular weight is 311 g/mol. The molecule has 5 nitrogen and oxygen atoms in total. The van der Waals surface area contributed by atoms with Gasteiger partial charge in [0, 0.05) is 18.7 Å². The molecule has 3 rings (SSSR count). The molecule has 0 aliphatic carbocycles. The van der Waals surface area contributed by atoms with Gasteiger partial charge in [-0.1, -0.05) is 12.1 Å². The van der Waals surface area contributed by atoms with E-state index in [2.05, 4.69) is 33.7 Å². The van der Waals surface area contributed by atoms with Crippen LogP contribution < -0.4 is 10.1 Å². The second kappa shape index (κ2) is 6.71. The SMILES string of the molecule is COc1cc(CNCc2cn[nH]c2-c2ccc(C)o2)ccc1C. The summed E-state index contributed by atoms with van der Waals surface area (Å²) in [6.07, 6.45) is 1.83. The monoisotopic (exact) mass is 311 g/mol. The predicted molar refractivity (Wildman–Crippen MR) is 89.3 cm³/mol. The van der Waals surface area contributed by atoms with Crippen LogP contribution in [0, 0.1) is 13.8 Å². The minimum atomic E-state index is 0.710. The van der Waals surface area contributed by atoms with E-state index >= 15 is 0 Å². The zero-order chi connectivity index (χ0) is 16.2. The fourth-order valence-corrected chi connectivity index (χ4v) is 2.54. The Labute approximate surface area is 135 Å². The van der Waals surface area contributed by atoms with Gasteiger partial charge in [-0.25, -0.2) is 0 Å². The van der Waals surface area contributed by atoms with E-state index in [-0.39, 0.29) is 0 Å². The van der Waals surface area contributed by atoms with Crippen LogP contribution in [0.5, 0.6) is 5.75 Å². The molecule has 2 N–H and O–H groups in total. The zero-order valence-corrected chi connectivity index (χ0v) is 13.6. The van der Waals surface area contributed by atoms with E-state index < -0.39 is 0 Å². The Bertz CT molecular complexity index is 789. The lowest BCUT2D eigenvalue weighted by Crippen LogP contribution is -2.13. The quantitative estimate of drug-likeness (QED) is 0.730. The number of aryl methyl sites for hydroxylation is 2. The van der Waals surface area contributed by atoms with Crippen LogP contribution in [0.2, 0.25) is 0 Å². The first-order valence-electron chi connectivity index (χ1n) is 7.60. The standard InChI is InChI=1S/C18H21N3O2/c1-12-4-6-14(8-17(12)22-3)9-19-10-15-11-20-21-18(15)16-7-5-13(2)23-16/h4-8,11,19H,9-10H2,1-3H3,(H,20,21). The van der Waals surface area contributed by atoms with Crippen molar-refractivity contribution in [2.75, 3.05) is 7.11 Å². The Morgan fingerprint density at radius 3 is 2.78 bits per heavy atom. The van der Waals surface area contributed by atoms with Crippen LogP contribution in [-0.4, -0.2) is 17.3 Å². The number of hydrogen-bond donors (Lipinski definition) is 2. The van der Waals surface area contributed by atoms with Gasteiger partial charge >= 0.3 is 0 Å². The Kier molecular flexibility index (Phi) is 4.48. The van der Waals surface area contributed by atoms with Crippen LogP contribution in [-0.2, 0) is 13.1 Å². The average Bonchev–Trinajstić information content (AvgIpc) is 3.17. The van der Waals surface area contributed by atoms with E-state index in [1.807, 2.05) is 32.2 Å². The van der Waals surface area contributed by atoms with Crippen molar-refractivity contribution in [2.24, 2.45) is 0 Å². The first kappa shape index (κ1) is 15.4. The summed E-state index contributed by atoms with van der Waals surface area (Å²) in [5.74, 6) is 2.62. The molecular weight excluding hydrogens is 290 g/mol. The second-order valence-electron chi connectivity index (χ2n) is 5.59. The molecule has 5 heteroatoms. The van der Waals surface area contributed by atoms with Gasteiger partial charge < -0.3 is 14.5 Å². The number of nitrogens with zero attached hydrogens (tertiary/aromatic N) is 1. The summed E-state index contributed by atoms with van der Waals surface area (Å²) >= 11 is 0. The van der Waals surface area contributed by atoms with Crippen LogP contribution in [0.3, 0.4) is 0 Å². The number of methoxy groups -OCH3 is 1. The highest BCUT2D eigenvalue weighted by Gasteiger charge is 2.10. The van der Waals surface area contributed by atoms with Crippen molar-refractivity contribution < 1.29 is 9.15 Å². The van der Waals surface area contributed by atoms with Gasteiger partial charge in [0.05, 0.1) is 13.3 Å². The number of benzene rings is 1. The van der Waals surface area contributed by atoms with Gasteiger partial charge in [-0.2, -0.15) is 5.10 Å². The molecule has 2 heterocycles. The smallest absolute Gasteiger partial charge is 0.152 e. The Balaban J connectivity index is 1.65. The Morgan fingerprint density at radius 1 is 1.17 bits per heavy atom. The number of furan rings is 1. The maximum Gasteiger partial charge on any atom is 0.152 e. The summed E-state index contributed by atoms with van der Waals surface area (Å²) in [7, 11) is 1.70. The van der Waals surface area contributed by atoms with Crippen molar-refractivity contribution >= 4 is 0 Å². The highest BCUT2D eigenvalue weighted by Crippen LogP contribution is 2.23. The second-order valence-corrected chi connectivity index (χ2v) is 5.59. The number of hydrogen-bond acceptors (Lipinski definition) is 4. The molecule has 0 atom stereocenters. The molecule has 0 bridgehead atoms. The third kappa shape index (κ3) is 3.46. The number of rotatable bonds is 6. The minimum Gasteiger partial charge on any atom is -0.496 e. The van der Waals surface area contributed by atoms with Crippen molar-refractivity contribution in [3.05, 3.63) is 59.0 Å². The Hall–Kier alpha value is -2.53. The molecule has 23 heavy (non-hydrogen) atoms. The van der Waals surface area contributed by atoms with E-state index in [9.17, 15) is 0 Å². The van der Waals surface area contributed by atoms with Gasteiger partial charge in [-0.15, -0.1) is 0 Å². The lowest BCUT2D eigenvalue weighted by atomic mass is 10.1. The third-order valence-electron chi connectivity index (χ3n) is 3.82. The van der Waals surface area contributed by atoms with E-state index in [1.54, 1.807) is 7.11 Å². The topological polar surface area (TPSA) is 63.1 Å². The van der Waals surface area contributed by atoms with E-state index in [1.165, 1.54) is 5.56 Å². The first-order chi connectivity index (χ1) is 11.2. The van der Waals surface area contributed by atoms with Crippen molar-refractivity contribution in [3.63, 3.8) is 0 Å². The van der Waals surface area contributed by atoms with Crippen molar-refractivity contribution in [3.8, 4) is 17.2 Å². The lowest BCUT2D eigenvalue weighted by molar-refractivity contribution is 0.411. The van der Waals surface area contributed by atoms with Gasteiger partial charge in [0.25, 0.3) is 0 Å². The van der Waals surface area contributed by atoms with E-state index in [0.29, 0.717) is 6.54 Å². The molecular formula is C18H21N3O2. The molecule has 2 aromatic heterocycles. The van der Waals surface area contributed by atoms with Gasteiger partial charge in [0.1, 0.15) is 17.2 Å². The van der Waals surface area contributed by atoms with Crippen molar-refractivity contribution in [1.82, 2.24) is 15.5 Å². The summed E-state index contributed by atoms with van der Waals surface area (Å²) in [5, 5.41) is 10.6. The molecule has 0 saturated carbocycles. The molecule has 0 spiro atoms. The Morgan fingerprint density at radius 2 is 2.04 bits per heavy atom. The zero-order valence-electron chi connectivity index (χ0n) is 13.6. The molecule has 0 fully saturated rings. The minimum absolute atomic E-state index is 0.710. The van der Waals surface area contributed by atoms with Gasteiger partial charge in [0.2, 0.25) is 0 Å². The molecule has 0 radical (unpaired) electrons. The van der Waals surface area contributed by atoms with Gasteiger partial charge in [0.15, 0.2) is 5.76 Å². The van der Waals surface area contributed by atoms with Crippen LogP contribution >= 0.6 is 0 Å². The lowest BCUT2D eigenvalue weighted by Gasteiger charge is -2.09. The predicted octanol–water partition coefficient (Wildman–Crippen LogP) is 3.58. The van der Waals surface area contributed by atoms with E-state index in [0.717, 1.165) is 40.6 Å². The highest BCUT2D eigenvalue weighted by molar-refractivity contribution is 5.56. The van der Waals surface area contributed by atoms with Crippen molar-refractivity contribution in [1.29, 1.82) is 0 Å². The van der Waals surface area contributed by atoms with Gasteiger partial charge in [-0.05, 0) is 43.2 Å². The van der Waals surface area contributed by atoms with E-state index in [4.69, 9.17) is 9.15 Å². The fourth-order valence-electron chi connectivity index (χ4n) is 2.54. The third-order valence-corrected chi connectivity index (χ3v) is 3.82. The molecule has 1 aromatic carbocycles. The highest BCUT2D eigenvalue weighted by atomic mass is 16.5. The maximum atomic E-state index is 5.66. The molecule has 0 saturated heterocycles. The molecule has 120 valence electrons. The summed E-state index contributed by atoms with van der Waals surface area (Å²) in [6.45, 7) is 5.45. The number of nitrogens with one attached hydrogen (secondary N) is 2. The summed E-state index contributed by atoms with van der Waals surface area (Å²) in [6, 6.07) is 10.2. The number of H-pyrrole nitrogens is 1. The summed E-state index contributed by atoms with van der Waals surface area (Å²) in [5.41, 5.74) is 4.33. The largest absolute Gasteiger partial charge is 0.496 e. The van der Waals surface area contributed by atoms with Gasteiger partial charge in [-0.3, -0.25) is 5.10 Å².